The molecule has 3 N–H and O–H groups in total. The number of H-pyrrole nitrogens is 1. The zero-order valence-corrected chi connectivity index (χ0v) is 18.2. The Balaban J connectivity index is 1.51. The minimum atomic E-state index is -0.671. The van der Waals surface area contributed by atoms with E-state index >= 15 is 0 Å². The number of aliphatic hydroxyl groups is 1. The van der Waals surface area contributed by atoms with Crippen molar-refractivity contribution in [3.05, 3.63) is 63.4 Å². The van der Waals surface area contributed by atoms with Crippen LogP contribution in [0.4, 0.5) is 0 Å². The number of aryl methyl sites for hydroxylation is 1. The summed E-state index contributed by atoms with van der Waals surface area (Å²) in [5.41, 5.74) is 3.38. The average molecular weight is 471 g/mol. The second-order valence-corrected chi connectivity index (χ2v) is 8.44. The lowest BCUT2D eigenvalue weighted by molar-refractivity contribution is 0.0791. The van der Waals surface area contributed by atoms with Gasteiger partial charge < -0.3 is 20.3 Å². The minimum Gasteiger partial charge on any atom is -0.394 e. The molecule has 1 atom stereocenters. The fourth-order valence-electron chi connectivity index (χ4n) is 3.74. The molecule has 0 aliphatic carbocycles. The van der Waals surface area contributed by atoms with Gasteiger partial charge in [-0.2, -0.15) is 0 Å². The molecule has 8 heteroatoms. The number of imidazole rings is 1. The van der Waals surface area contributed by atoms with Gasteiger partial charge in [0.25, 0.3) is 11.8 Å². The quantitative estimate of drug-likeness (QED) is 0.532. The lowest BCUT2D eigenvalue weighted by Crippen LogP contribution is -2.32. The van der Waals surface area contributed by atoms with Gasteiger partial charge >= 0.3 is 0 Å². The largest absolute Gasteiger partial charge is 0.394 e. The molecule has 1 aromatic heterocycles. The number of carbonyl (C=O) groups excluding carboxylic acids is 2. The Morgan fingerprint density at radius 2 is 2.00 bits per heavy atom. The van der Waals surface area contributed by atoms with Crippen LogP contribution in [0.1, 0.15) is 51.0 Å². The third-order valence-electron chi connectivity index (χ3n) is 5.39. The second kappa shape index (κ2) is 8.57. The minimum absolute atomic E-state index is 0.0126. The fourth-order valence-corrected chi connectivity index (χ4v) is 4.09. The smallest absolute Gasteiger partial charge is 0.254 e. The first-order chi connectivity index (χ1) is 14.5. The van der Waals surface area contributed by atoms with Gasteiger partial charge in [0.2, 0.25) is 0 Å². The molecule has 1 fully saturated rings. The van der Waals surface area contributed by atoms with Crippen LogP contribution >= 0.6 is 15.9 Å². The first-order valence-corrected chi connectivity index (χ1v) is 10.7. The van der Waals surface area contributed by atoms with E-state index in [1.807, 2.05) is 30.0 Å². The summed E-state index contributed by atoms with van der Waals surface area (Å²) < 4.78 is 0.900. The Bertz CT molecular complexity index is 1100. The summed E-state index contributed by atoms with van der Waals surface area (Å²) in [6.45, 7) is 3.11. The molecule has 1 saturated heterocycles. The van der Waals surface area contributed by atoms with E-state index < -0.39 is 6.04 Å². The van der Waals surface area contributed by atoms with E-state index in [4.69, 9.17) is 0 Å². The maximum atomic E-state index is 12.8. The van der Waals surface area contributed by atoms with Gasteiger partial charge in [0.05, 0.1) is 17.6 Å². The van der Waals surface area contributed by atoms with Gasteiger partial charge in [-0.15, -0.1) is 0 Å². The molecule has 0 spiro atoms. The van der Waals surface area contributed by atoms with Crippen LogP contribution in [0.15, 0.2) is 40.9 Å². The number of aliphatic hydroxyl groups excluding tert-OH is 1. The number of aromatic nitrogens is 2. The third kappa shape index (κ3) is 4.11. The maximum Gasteiger partial charge on any atom is 0.254 e. The van der Waals surface area contributed by atoms with Crippen molar-refractivity contribution < 1.29 is 14.7 Å². The number of aromatic amines is 1. The number of fused-ring (bicyclic) bond motifs is 1. The monoisotopic (exact) mass is 470 g/mol. The number of likely N-dealkylation sites (tertiary alicyclic amines) is 1. The fraction of sp³-hybridized carbons (Fsp3) is 0.318. The Labute approximate surface area is 182 Å². The van der Waals surface area contributed by atoms with Gasteiger partial charge in [-0.1, -0.05) is 15.9 Å². The van der Waals surface area contributed by atoms with Gasteiger partial charge in [-0.3, -0.25) is 9.59 Å². The normalized spacial score (nSPS) is 14.8. The molecule has 7 nitrogen and oxygen atoms in total. The van der Waals surface area contributed by atoms with Crippen LogP contribution in [0.3, 0.4) is 0 Å². The lowest BCUT2D eigenvalue weighted by Gasteiger charge is -2.18. The van der Waals surface area contributed by atoms with Crippen molar-refractivity contribution in [1.82, 2.24) is 20.2 Å². The summed E-state index contributed by atoms with van der Waals surface area (Å²) in [5, 5.41) is 12.6. The summed E-state index contributed by atoms with van der Waals surface area (Å²) >= 11 is 3.41. The third-order valence-corrected chi connectivity index (χ3v) is 5.89. The van der Waals surface area contributed by atoms with Crippen molar-refractivity contribution in [2.75, 3.05) is 19.7 Å². The van der Waals surface area contributed by atoms with Crippen molar-refractivity contribution in [2.45, 2.75) is 25.8 Å². The number of nitrogens with zero attached hydrogens (tertiary/aromatic N) is 2. The van der Waals surface area contributed by atoms with Crippen molar-refractivity contribution >= 4 is 38.8 Å². The van der Waals surface area contributed by atoms with Crippen LogP contribution in [0, 0.1) is 6.92 Å². The number of nitrogens with one attached hydrogen (secondary N) is 2. The molecule has 1 aliphatic rings. The first-order valence-electron chi connectivity index (χ1n) is 9.93. The maximum absolute atomic E-state index is 12.8. The van der Waals surface area contributed by atoms with Gasteiger partial charge in [0.1, 0.15) is 11.9 Å². The van der Waals surface area contributed by atoms with Crippen LogP contribution in [-0.2, 0) is 0 Å². The number of amides is 2. The summed E-state index contributed by atoms with van der Waals surface area (Å²) in [7, 11) is 0. The number of halogens is 1. The standard InChI is InChI=1S/C22H23BrN4O3/c1-13-10-14(4-6-16(13)22(30)27-8-2-3-9-27)21(29)26-19(12-28)20-24-17-7-5-15(23)11-18(17)25-20/h4-7,10-11,19,28H,2-3,8-9,12H2,1H3,(H,24,25)(H,26,29)/t19-/m0/s1. The summed E-state index contributed by atoms with van der Waals surface area (Å²) in [6.07, 6.45) is 2.07. The molecule has 0 bridgehead atoms. The molecular formula is C22H23BrN4O3. The van der Waals surface area contributed by atoms with Crippen molar-refractivity contribution in [3.8, 4) is 0 Å². The van der Waals surface area contributed by atoms with E-state index in [0.29, 0.717) is 17.0 Å². The molecule has 2 heterocycles. The molecule has 0 radical (unpaired) electrons. The second-order valence-electron chi connectivity index (χ2n) is 7.52. The molecule has 2 amide bonds. The van der Waals surface area contributed by atoms with Crippen LogP contribution in [0.5, 0.6) is 0 Å². The van der Waals surface area contributed by atoms with Crippen LogP contribution in [-0.4, -0.2) is 51.5 Å². The SMILES string of the molecule is Cc1cc(C(=O)N[C@@H](CO)c2nc3cc(Br)ccc3[nH]2)ccc1C(=O)N1CCCC1. The molecule has 4 rings (SSSR count). The zero-order valence-electron chi connectivity index (χ0n) is 16.6. The van der Waals surface area contributed by atoms with Crippen molar-refractivity contribution in [3.63, 3.8) is 0 Å². The lowest BCUT2D eigenvalue weighted by atomic mass is 10.0. The number of benzene rings is 2. The van der Waals surface area contributed by atoms with E-state index in [9.17, 15) is 14.7 Å². The van der Waals surface area contributed by atoms with E-state index in [1.54, 1.807) is 18.2 Å². The number of hydrogen-bond donors (Lipinski definition) is 3. The van der Waals surface area contributed by atoms with Crippen molar-refractivity contribution in [2.24, 2.45) is 0 Å². The van der Waals surface area contributed by atoms with Crippen molar-refractivity contribution in [1.29, 1.82) is 0 Å². The highest BCUT2D eigenvalue weighted by Gasteiger charge is 2.23. The van der Waals surface area contributed by atoms with Gasteiger partial charge in [-0.25, -0.2) is 4.98 Å². The van der Waals surface area contributed by atoms with E-state index in [1.165, 1.54) is 0 Å². The Morgan fingerprint density at radius 3 is 2.70 bits per heavy atom. The average Bonchev–Trinajstić information content (AvgIpc) is 3.40. The summed E-state index contributed by atoms with van der Waals surface area (Å²) in [5.74, 6) is 0.161. The van der Waals surface area contributed by atoms with Crippen LogP contribution < -0.4 is 5.32 Å². The number of hydrogen-bond acceptors (Lipinski definition) is 4. The predicted molar refractivity (Wildman–Crippen MR) is 117 cm³/mol. The molecule has 3 aromatic rings. The summed E-state index contributed by atoms with van der Waals surface area (Å²) in [4.78, 5) is 34.9. The highest BCUT2D eigenvalue weighted by Crippen LogP contribution is 2.21. The molecular weight excluding hydrogens is 448 g/mol. The first kappa shape index (κ1) is 20.6. The van der Waals surface area contributed by atoms with Gasteiger partial charge in [0.15, 0.2) is 0 Å². The Hall–Kier alpha value is -2.71. The summed E-state index contributed by atoms with van der Waals surface area (Å²) in [6, 6.07) is 10.0. The van der Waals surface area contributed by atoms with E-state index in [0.717, 1.165) is 47.0 Å². The van der Waals surface area contributed by atoms with Crippen LogP contribution in [0.2, 0.25) is 0 Å². The molecule has 30 heavy (non-hydrogen) atoms. The highest BCUT2D eigenvalue weighted by atomic mass is 79.9. The molecule has 0 saturated carbocycles. The zero-order chi connectivity index (χ0) is 21.3. The molecule has 156 valence electrons. The number of rotatable bonds is 5. The molecule has 0 unspecified atom stereocenters. The molecule has 1 aliphatic heterocycles. The highest BCUT2D eigenvalue weighted by molar-refractivity contribution is 9.10. The van der Waals surface area contributed by atoms with E-state index in [2.05, 4.69) is 31.2 Å². The predicted octanol–water partition coefficient (Wildman–Crippen LogP) is 3.33. The van der Waals surface area contributed by atoms with Crippen LogP contribution in [0.25, 0.3) is 11.0 Å². The van der Waals surface area contributed by atoms with E-state index in [-0.39, 0.29) is 18.4 Å². The Kier molecular flexibility index (Phi) is 5.87. The van der Waals surface area contributed by atoms with Gasteiger partial charge in [0, 0.05) is 28.7 Å². The molecule has 2 aromatic carbocycles. The number of carbonyl (C=O) groups is 2. The topological polar surface area (TPSA) is 98.3 Å². The Morgan fingerprint density at radius 1 is 1.23 bits per heavy atom. The van der Waals surface area contributed by atoms with Gasteiger partial charge in [-0.05, 0) is 61.7 Å².